The molecule has 1 saturated heterocycles. The first-order valence-corrected chi connectivity index (χ1v) is 10.2. The first-order chi connectivity index (χ1) is 11.5. The molecule has 0 spiro atoms. The average molecular weight is 389 g/mol. The lowest BCUT2D eigenvalue weighted by Gasteiger charge is -2.39. The molecular formula is C17H25ClN2O4S. The Morgan fingerprint density at radius 2 is 1.84 bits per heavy atom. The molecule has 8 heteroatoms. The Kier molecular flexibility index (Phi) is 6.01. The molecule has 2 rings (SSSR count). The van der Waals surface area contributed by atoms with E-state index >= 15 is 0 Å². The van der Waals surface area contributed by atoms with Gasteiger partial charge >= 0.3 is 6.09 Å². The minimum absolute atomic E-state index is 0.0800. The molecule has 1 aromatic carbocycles. The molecule has 0 aliphatic carbocycles. The van der Waals surface area contributed by atoms with Crippen LogP contribution in [0.15, 0.2) is 24.3 Å². The third-order valence-corrected chi connectivity index (χ3v) is 5.94. The fraction of sp³-hybridized carbons (Fsp3) is 0.588. The maximum absolute atomic E-state index is 12.6. The van der Waals surface area contributed by atoms with E-state index in [1.165, 1.54) is 4.31 Å². The number of nitrogens with zero attached hydrogens (tertiary/aromatic N) is 2. The minimum Gasteiger partial charge on any atom is -0.444 e. The van der Waals surface area contributed by atoms with Crippen molar-refractivity contribution in [1.29, 1.82) is 0 Å². The molecule has 1 aliphatic heterocycles. The summed E-state index contributed by atoms with van der Waals surface area (Å²) in [7, 11) is -3.45. The fourth-order valence-corrected chi connectivity index (χ4v) is 4.38. The highest BCUT2D eigenvalue weighted by Crippen LogP contribution is 2.20. The van der Waals surface area contributed by atoms with Gasteiger partial charge in [-0.25, -0.2) is 13.2 Å². The molecule has 0 aromatic heterocycles. The van der Waals surface area contributed by atoms with Crippen molar-refractivity contribution in [2.75, 3.05) is 19.6 Å². The third kappa shape index (κ3) is 5.59. The quantitative estimate of drug-likeness (QED) is 0.797. The standard InChI is InChI=1S/C17H25ClN2O4S/c1-13-11-19(9-10-20(13)16(21)24-17(2,3)4)25(22,23)12-14-5-7-15(18)8-6-14/h5-8,13H,9-12H2,1-4H3. The lowest BCUT2D eigenvalue weighted by molar-refractivity contribution is 0.00857. The summed E-state index contributed by atoms with van der Waals surface area (Å²) >= 11 is 5.83. The van der Waals surface area contributed by atoms with Gasteiger partial charge in [0, 0.05) is 30.7 Å². The minimum atomic E-state index is -3.45. The third-order valence-electron chi connectivity index (χ3n) is 3.87. The smallest absolute Gasteiger partial charge is 0.410 e. The van der Waals surface area contributed by atoms with Gasteiger partial charge in [-0.05, 0) is 45.4 Å². The molecule has 0 saturated carbocycles. The SMILES string of the molecule is CC1CN(S(=O)(=O)Cc2ccc(Cl)cc2)CCN1C(=O)OC(C)(C)C. The first kappa shape index (κ1) is 20.0. The number of hydrogen-bond acceptors (Lipinski definition) is 4. The Bertz CT molecular complexity index is 713. The molecule has 0 radical (unpaired) electrons. The van der Waals surface area contributed by atoms with Crippen LogP contribution < -0.4 is 0 Å². The Balaban J connectivity index is 2.01. The fourth-order valence-electron chi connectivity index (χ4n) is 2.65. The maximum Gasteiger partial charge on any atom is 0.410 e. The van der Waals surface area contributed by atoms with E-state index in [2.05, 4.69) is 0 Å². The number of hydrogen-bond donors (Lipinski definition) is 0. The van der Waals surface area contributed by atoms with Gasteiger partial charge in [-0.2, -0.15) is 4.31 Å². The Morgan fingerprint density at radius 3 is 2.36 bits per heavy atom. The predicted octanol–water partition coefficient (Wildman–Crippen LogP) is 3.11. The van der Waals surface area contributed by atoms with Crippen LogP contribution in [0.5, 0.6) is 0 Å². The number of amides is 1. The van der Waals surface area contributed by atoms with Crippen LogP contribution in [0.25, 0.3) is 0 Å². The van der Waals surface area contributed by atoms with Gasteiger partial charge < -0.3 is 9.64 Å². The summed E-state index contributed by atoms with van der Waals surface area (Å²) in [6.45, 7) is 8.09. The van der Waals surface area contributed by atoms with Gasteiger partial charge in [0.05, 0.1) is 5.75 Å². The van der Waals surface area contributed by atoms with E-state index in [1.807, 2.05) is 27.7 Å². The van der Waals surface area contributed by atoms with E-state index in [4.69, 9.17) is 16.3 Å². The molecule has 0 bridgehead atoms. The molecule has 1 unspecified atom stereocenters. The van der Waals surface area contributed by atoms with E-state index in [0.29, 0.717) is 17.1 Å². The van der Waals surface area contributed by atoms with Crippen molar-refractivity contribution in [1.82, 2.24) is 9.21 Å². The summed E-state index contributed by atoms with van der Waals surface area (Å²) in [6, 6.07) is 6.52. The number of rotatable bonds is 3. The van der Waals surface area contributed by atoms with Gasteiger partial charge in [0.1, 0.15) is 5.60 Å². The number of carbonyl (C=O) groups excluding carboxylic acids is 1. The van der Waals surface area contributed by atoms with Crippen LogP contribution in [0, 0.1) is 0 Å². The number of halogens is 1. The molecule has 6 nitrogen and oxygen atoms in total. The topological polar surface area (TPSA) is 66.9 Å². The summed E-state index contributed by atoms with van der Waals surface area (Å²) < 4.78 is 32.1. The van der Waals surface area contributed by atoms with Gasteiger partial charge in [0.2, 0.25) is 10.0 Å². The summed E-state index contributed by atoms with van der Waals surface area (Å²) in [6.07, 6.45) is -0.408. The molecule has 1 atom stereocenters. The van der Waals surface area contributed by atoms with E-state index in [1.54, 1.807) is 29.2 Å². The Hall–Kier alpha value is -1.31. The second-order valence-corrected chi connectivity index (χ2v) is 9.67. The highest BCUT2D eigenvalue weighted by Gasteiger charge is 2.35. The largest absolute Gasteiger partial charge is 0.444 e. The zero-order valence-corrected chi connectivity index (χ0v) is 16.6. The summed E-state index contributed by atoms with van der Waals surface area (Å²) in [5.41, 5.74) is 0.112. The molecule has 140 valence electrons. The van der Waals surface area contributed by atoms with E-state index < -0.39 is 21.7 Å². The van der Waals surface area contributed by atoms with Crippen LogP contribution in [0.1, 0.15) is 33.3 Å². The summed E-state index contributed by atoms with van der Waals surface area (Å²) in [4.78, 5) is 13.8. The number of piperazine rings is 1. The summed E-state index contributed by atoms with van der Waals surface area (Å²) in [5.74, 6) is -0.0800. The van der Waals surface area contributed by atoms with Crippen LogP contribution >= 0.6 is 11.6 Å². The second kappa shape index (κ2) is 7.51. The maximum atomic E-state index is 12.6. The molecule has 1 heterocycles. The van der Waals surface area contributed by atoms with Crippen LogP contribution in [-0.2, 0) is 20.5 Å². The zero-order valence-electron chi connectivity index (χ0n) is 15.0. The van der Waals surface area contributed by atoms with Crippen molar-refractivity contribution in [3.63, 3.8) is 0 Å². The second-order valence-electron chi connectivity index (χ2n) is 7.26. The highest BCUT2D eigenvalue weighted by atomic mass is 35.5. The molecule has 1 aromatic rings. The average Bonchev–Trinajstić information content (AvgIpc) is 2.47. The van der Waals surface area contributed by atoms with Gasteiger partial charge in [0.25, 0.3) is 0 Å². The van der Waals surface area contributed by atoms with Crippen molar-refractivity contribution < 1.29 is 17.9 Å². The van der Waals surface area contributed by atoms with E-state index in [9.17, 15) is 13.2 Å². The van der Waals surface area contributed by atoms with Crippen LogP contribution in [0.3, 0.4) is 0 Å². The molecular weight excluding hydrogens is 364 g/mol. The molecule has 1 amide bonds. The van der Waals surface area contributed by atoms with E-state index in [-0.39, 0.29) is 24.9 Å². The molecule has 0 N–H and O–H groups in total. The normalized spacial score (nSPS) is 19.7. The lowest BCUT2D eigenvalue weighted by Crippen LogP contribution is -2.56. The van der Waals surface area contributed by atoms with E-state index in [0.717, 1.165) is 0 Å². The number of ether oxygens (including phenoxy) is 1. The van der Waals surface area contributed by atoms with Gasteiger partial charge in [-0.1, -0.05) is 23.7 Å². The summed E-state index contributed by atoms with van der Waals surface area (Å²) in [5, 5.41) is 0.570. The van der Waals surface area contributed by atoms with Crippen LogP contribution in [0.4, 0.5) is 4.79 Å². The lowest BCUT2D eigenvalue weighted by atomic mass is 10.2. The van der Waals surface area contributed by atoms with Crippen molar-refractivity contribution >= 4 is 27.7 Å². The molecule has 1 fully saturated rings. The molecule has 1 aliphatic rings. The van der Waals surface area contributed by atoms with Crippen molar-refractivity contribution in [2.24, 2.45) is 0 Å². The van der Waals surface area contributed by atoms with Gasteiger partial charge in [-0.15, -0.1) is 0 Å². The highest BCUT2D eigenvalue weighted by molar-refractivity contribution is 7.88. The van der Waals surface area contributed by atoms with Gasteiger partial charge in [-0.3, -0.25) is 0 Å². The monoisotopic (exact) mass is 388 g/mol. The Labute approximate surface area is 154 Å². The number of carbonyl (C=O) groups is 1. The van der Waals surface area contributed by atoms with Gasteiger partial charge in [0.15, 0.2) is 0 Å². The number of benzene rings is 1. The Morgan fingerprint density at radius 1 is 1.24 bits per heavy atom. The van der Waals surface area contributed by atoms with Crippen molar-refractivity contribution in [2.45, 2.75) is 45.1 Å². The van der Waals surface area contributed by atoms with Crippen molar-refractivity contribution in [3.05, 3.63) is 34.9 Å². The number of sulfonamides is 1. The van der Waals surface area contributed by atoms with Crippen molar-refractivity contribution in [3.8, 4) is 0 Å². The zero-order chi connectivity index (χ0) is 18.8. The van der Waals surface area contributed by atoms with Crippen LogP contribution in [-0.4, -0.2) is 55.0 Å². The van der Waals surface area contributed by atoms with Crippen LogP contribution in [0.2, 0.25) is 5.02 Å². The molecule has 25 heavy (non-hydrogen) atoms. The predicted molar refractivity (Wildman–Crippen MR) is 98.1 cm³/mol. The first-order valence-electron chi connectivity index (χ1n) is 8.20.